The van der Waals surface area contributed by atoms with Crippen LogP contribution in [0.15, 0.2) is 0 Å². The van der Waals surface area contributed by atoms with Crippen molar-refractivity contribution in [1.29, 1.82) is 0 Å². The van der Waals surface area contributed by atoms with E-state index in [0.29, 0.717) is 0 Å². The zero-order valence-corrected chi connectivity index (χ0v) is 7.86. The summed E-state index contributed by atoms with van der Waals surface area (Å²) in [6, 6.07) is 0. The minimum Gasteiger partial charge on any atom is -1.00 e. The summed E-state index contributed by atoms with van der Waals surface area (Å²) in [6.45, 7) is 0. The Morgan fingerprint density at radius 2 is 1.43 bits per heavy atom. The van der Waals surface area contributed by atoms with Gasteiger partial charge in [0.1, 0.15) is 0 Å². The van der Waals surface area contributed by atoms with Crippen molar-refractivity contribution >= 4 is 7.82 Å². The second kappa shape index (κ2) is 5.17. The van der Waals surface area contributed by atoms with Gasteiger partial charge in [-0.15, -0.1) is 0 Å². The van der Waals surface area contributed by atoms with Crippen LogP contribution in [0.4, 0.5) is 0 Å². The van der Waals surface area contributed by atoms with Crippen LogP contribution in [0, 0.1) is 0 Å². The predicted octanol–water partition coefficient (Wildman–Crippen LogP) is -4.56. The Morgan fingerprint density at radius 1 is 1.43 bits per heavy atom. The molecule has 0 unspecified atom stereocenters. The van der Waals surface area contributed by atoms with E-state index in [1.54, 1.807) is 0 Å². The Labute approximate surface area is 59.3 Å². The zero-order chi connectivity index (χ0) is 4.50. The number of phosphoric acid groups is 1. The Bertz CT molecular complexity index is 57.8. The second-order valence-corrected chi connectivity index (χ2v) is 1.47. The fraction of sp³-hybridized carbons (Fsp3) is 0. The predicted molar refractivity (Wildman–Crippen MR) is 12.0 cm³/mol. The molecule has 0 fully saturated rings. The Balaban J connectivity index is -0.0000000800. The van der Waals surface area contributed by atoms with Crippen molar-refractivity contribution in [1.82, 2.24) is 0 Å². The summed E-state index contributed by atoms with van der Waals surface area (Å²) in [7, 11) is -4.89. The van der Waals surface area contributed by atoms with Crippen molar-refractivity contribution in [2.45, 2.75) is 0 Å². The van der Waals surface area contributed by atoms with Crippen LogP contribution < -0.4 is 17.3 Å². The maximum atomic E-state index is 8.77. The van der Waals surface area contributed by atoms with Crippen molar-refractivity contribution in [3.05, 3.63) is 0 Å². The maximum absolute atomic E-state index is 8.77. The molecule has 2 N–H and O–H groups in total. The molecule has 0 aliphatic heterocycles. The van der Waals surface area contributed by atoms with Crippen LogP contribution in [0.1, 0.15) is 0 Å². The number of hydrogen-bond acceptors (Lipinski definition) is 2. The Hall–Kier alpha value is 1.02. The molecule has 40 valence electrons. The summed E-state index contributed by atoms with van der Waals surface area (Å²) in [5, 5.41) is 0. The third-order valence-corrected chi connectivity index (χ3v) is 0. The number of rotatable bonds is 0. The summed E-state index contributed by atoms with van der Waals surface area (Å²) in [5.74, 6) is 0. The summed E-state index contributed by atoms with van der Waals surface area (Å²) >= 11 is 0. The van der Waals surface area contributed by atoms with E-state index >= 15 is 0 Å². The van der Waals surface area contributed by atoms with Gasteiger partial charge in [-0.05, 0) is 0 Å². The van der Waals surface area contributed by atoms with E-state index < -0.39 is 7.82 Å². The quantitative estimate of drug-likeness (QED) is 0.303. The van der Waals surface area contributed by atoms with Gasteiger partial charge in [0.25, 0.3) is 7.82 Å². The molecule has 0 radical (unpaired) electrons. The van der Waals surface area contributed by atoms with Crippen LogP contribution in [0.25, 0.3) is 0 Å². The first-order valence-electron chi connectivity index (χ1n) is 0.765. The SMILES string of the molecule is O=P([O-])(O)O.[Cl-].[Zn+2]. The van der Waals surface area contributed by atoms with E-state index in [1.165, 1.54) is 0 Å². The average Bonchev–Trinajstić information content (AvgIpc) is 0.722. The summed E-state index contributed by atoms with van der Waals surface area (Å²) in [5.41, 5.74) is 0. The third kappa shape index (κ3) is 169. The van der Waals surface area contributed by atoms with Crippen LogP contribution in [0.3, 0.4) is 0 Å². The maximum Gasteiger partial charge on any atom is 2.00 e. The van der Waals surface area contributed by atoms with Crippen LogP contribution in [-0.2, 0) is 24.0 Å². The van der Waals surface area contributed by atoms with Crippen molar-refractivity contribution in [2.75, 3.05) is 0 Å². The molecule has 0 saturated heterocycles. The minimum atomic E-state index is -4.89. The molecule has 0 aliphatic rings. The van der Waals surface area contributed by atoms with Crippen molar-refractivity contribution in [3.8, 4) is 0 Å². The molecule has 0 saturated carbocycles. The topological polar surface area (TPSA) is 80.6 Å². The van der Waals surface area contributed by atoms with Gasteiger partial charge in [0.05, 0.1) is 0 Å². The van der Waals surface area contributed by atoms with Crippen LogP contribution >= 0.6 is 7.82 Å². The standard InChI is InChI=1S/ClH.H3O4P.Zn/c;1-5(2,3)4;/h1H;(H3,1,2,3,4);/q;;+2/p-2. The molecule has 0 amide bonds. The van der Waals surface area contributed by atoms with Gasteiger partial charge in [0.15, 0.2) is 0 Å². The molecule has 0 aliphatic carbocycles. The normalized spacial score (nSPS) is 8.43. The van der Waals surface area contributed by atoms with E-state index in [4.69, 9.17) is 19.2 Å². The van der Waals surface area contributed by atoms with Gasteiger partial charge < -0.3 is 27.1 Å². The zero-order valence-electron chi connectivity index (χ0n) is 3.24. The molecule has 0 aromatic rings. The fourth-order valence-corrected chi connectivity index (χ4v) is 0. The minimum absolute atomic E-state index is 0. The third-order valence-electron chi connectivity index (χ3n) is 0. The molecule has 0 heterocycles. The van der Waals surface area contributed by atoms with Gasteiger partial charge >= 0.3 is 19.5 Å². The second-order valence-electron chi connectivity index (χ2n) is 0.491. The van der Waals surface area contributed by atoms with Crippen molar-refractivity contribution < 1.29 is 51.1 Å². The first-order chi connectivity index (χ1) is 2.00. The molecule has 4 nitrogen and oxygen atoms in total. The van der Waals surface area contributed by atoms with Gasteiger partial charge in [-0.1, -0.05) is 0 Å². The smallest absolute Gasteiger partial charge is 1.00 e. The fourth-order valence-electron chi connectivity index (χ4n) is 0. The van der Waals surface area contributed by atoms with Crippen LogP contribution in [0.5, 0.6) is 0 Å². The molecule has 0 aromatic heterocycles. The molecule has 7 heavy (non-hydrogen) atoms. The first-order valence-corrected chi connectivity index (χ1v) is 2.30. The molecule has 0 aromatic carbocycles. The summed E-state index contributed by atoms with van der Waals surface area (Å²) in [6.07, 6.45) is 0. The number of halogens is 1. The van der Waals surface area contributed by atoms with E-state index in [1.807, 2.05) is 0 Å². The summed E-state index contributed by atoms with van der Waals surface area (Å²) in [4.78, 5) is 22.9. The van der Waals surface area contributed by atoms with E-state index in [-0.39, 0.29) is 31.9 Å². The van der Waals surface area contributed by atoms with E-state index in [9.17, 15) is 0 Å². The van der Waals surface area contributed by atoms with Gasteiger partial charge in [-0.2, -0.15) is 0 Å². The van der Waals surface area contributed by atoms with Gasteiger partial charge in [0, 0.05) is 0 Å². The summed E-state index contributed by atoms with van der Waals surface area (Å²) < 4.78 is 8.77. The average molecular weight is 198 g/mol. The molecular formula is H2ClO4PZn. The van der Waals surface area contributed by atoms with Gasteiger partial charge in [-0.3, -0.25) is 4.57 Å². The number of hydrogen-bond donors (Lipinski definition) is 2. The molecular weight excluding hydrogens is 196 g/mol. The first kappa shape index (κ1) is 15.7. The van der Waals surface area contributed by atoms with E-state index in [0.717, 1.165) is 0 Å². The molecule has 0 rings (SSSR count). The molecule has 0 bridgehead atoms. The largest absolute Gasteiger partial charge is 2.00 e. The molecule has 0 spiro atoms. The molecule has 0 atom stereocenters. The molecule has 7 heteroatoms. The Morgan fingerprint density at radius 3 is 1.43 bits per heavy atom. The van der Waals surface area contributed by atoms with Crippen molar-refractivity contribution in [3.63, 3.8) is 0 Å². The Kier molecular flexibility index (Phi) is 11.6. The van der Waals surface area contributed by atoms with Crippen LogP contribution in [-0.4, -0.2) is 9.79 Å². The van der Waals surface area contributed by atoms with Crippen molar-refractivity contribution in [2.24, 2.45) is 0 Å². The van der Waals surface area contributed by atoms with Gasteiger partial charge in [0.2, 0.25) is 0 Å². The van der Waals surface area contributed by atoms with E-state index in [2.05, 4.69) is 0 Å². The van der Waals surface area contributed by atoms with Crippen LogP contribution in [0.2, 0.25) is 0 Å². The van der Waals surface area contributed by atoms with Gasteiger partial charge in [-0.25, -0.2) is 0 Å². The monoisotopic (exact) mass is 196 g/mol.